The molecule has 0 saturated carbocycles. The molecule has 0 aromatic heterocycles. The van der Waals surface area contributed by atoms with E-state index >= 15 is 0 Å². The minimum absolute atomic E-state index is 0.690. The van der Waals surface area contributed by atoms with E-state index in [0.29, 0.717) is 6.17 Å². The molecule has 0 bridgehead atoms. The van der Waals surface area contributed by atoms with Gasteiger partial charge in [0.1, 0.15) is 0 Å². The van der Waals surface area contributed by atoms with Crippen molar-refractivity contribution < 1.29 is 0 Å². The van der Waals surface area contributed by atoms with Gasteiger partial charge < -0.3 is 0 Å². The molecule has 0 aliphatic carbocycles. The third-order valence-corrected chi connectivity index (χ3v) is 3.80. The predicted octanol–water partition coefficient (Wildman–Crippen LogP) is 2.80. The minimum Gasteiger partial charge on any atom is -0.291 e. The molecule has 1 fully saturated rings. The average Bonchev–Trinajstić information content (AvgIpc) is 2.22. The van der Waals surface area contributed by atoms with E-state index in [0.717, 1.165) is 5.92 Å². The Morgan fingerprint density at radius 1 is 1.13 bits per heavy atom. The summed E-state index contributed by atoms with van der Waals surface area (Å²) < 4.78 is 0. The van der Waals surface area contributed by atoms with E-state index in [1.54, 1.807) is 0 Å². The second-order valence-corrected chi connectivity index (χ2v) is 5.04. The van der Waals surface area contributed by atoms with Crippen molar-refractivity contribution in [3.8, 4) is 0 Å². The maximum atomic E-state index is 2.55. The Hall–Kier alpha value is -0.0800. The topological polar surface area (TPSA) is 6.48 Å². The molecular formula is C13H28N2. The van der Waals surface area contributed by atoms with Gasteiger partial charge in [-0.1, -0.05) is 33.1 Å². The van der Waals surface area contributed by atoms with Crippen molar-refractivity contribution in [3.63, 3.8) is 0 Å². The van der Waals surface area contributed by atoms with E-state index in [-0.39, 0.29) is 0 Å². The van der Waals surface area contributed by atoms with Crippen LogP contribution < -0.4 is 0 Å². The van der Waals surface area contributed by atoms with Gasteiger partial charge >= 0.3 is 0 Å². The van der Waals surface area contributed by atoms with Gasteiger partial charge in [0, 0.05) is 13.1 Å². The molecule has 15 heavy (non-hydrogen) atoms. The van der Waals surface area contributed by atoms with Gasteiger partial charge in [0.15, 0.2) is 0 Å². The van der Waals surface area contributed by atoms with Crippen LogP contribution in [0.1, 0.15) is 46.0 Å². The van der Waals surface area contributed by atoms with Crippen molar-refractivity contribution in [3.05, 3.63) is 0 Å². The molecule has 0 aromatic carbocycles. The third kappa shape index (κ3) is 3.46. The zero-order valence-electron chi connectivity index (χ0n) is 11.0. The van der Waals surface area contributed by atoms with E-state index in [1.807, 2.05) is 0 Å². The van der Waals surface area contributed by atoms with E-state index in [1.165, 1.54) is 45.2 Å². The highest BCUT2D eigenvalue weighted by atomic mass is 15.4. The molecule has 0 unspecified atom stereocenters. The summed E-state index contributed by atoms with van der Waals surface area (Å²) in [5, 5.41) is 0. The van der Waals surface area contributed by atoms with Crippen LogP contribution >= 0.6 is 0 Å². The average molecular weight is 212 g/mol. The Morgan fingerprint density at radius 2 is 1.73 bits per heavy atom. The molecule has 1 aliphatic rings. The van der Waals surface area contributed by atoms with Crippen molar-refractivity contribution in [2.24, 2.45) is 5.92 Å². The van der Waals surface area contributed by atoms with Crippen LogP contribution in [0.15, 0.2) is 0 Å². The standard InChI is InChI=1S/C13H28N2/c1-5-7-9-12(6-2)13-14(3)10-8-11-15(13)4/h12-13H,5-11H2,1-4H3/t12-/m1/s1. The first-order valence-corrected chi connectivity index (χ1v) is 6.61. The SMILES string of the molecule is CCCC[C@@H](CC)C1N(C)CCCN1C. The first kappa shape index (κ1) is 13.0. The van der Waals surface area contributed by atoms with E-state index in [2.05, 4.69) is 37.7 Å². The highest BCUT2D eigenvalue weighted by Crippen LogP contribution is 2.25. The first-order chi connectivity index (χ1) is 7.20. The summed E-state index contributed by atoms with van der Waals surface area (Å²) >= 11 is 0. The quantitative estimate of drug-likeness (QED) is 0.691. The zero-order chi connectivity index (χ0) is 11.3. The fraction of sp³-hybridized carbons (Fsp3) is 1.00. The van der Waals surface area contributed by atoms with Gasteiger partial charge in [-0.3, -0.25) is 9.80 Å². The van der Waals surface area contributed by atoms with Crippen LogP contribution in [0, 0.1) is 5.92 Å². The van der Waals surface area contributed by atoms with E-state index in [9.17, 15) is 0 Å². The Kier molecular flexibility index (Phi) is 5.62. The van der Waals surface area contributed by atoms with Gasteiger partial charge in [-0.05, 0) is 32.9 Å². The van der Waals surface area contributed by atoms with Crippen LogP contribution in [-0.4, -0.2) is 43.2 Å². The van der Waals surface area contributed by atoms with Crippen molar-refractivity contribution in [2.45, 2.75) is 52.1 Å². The van der Waals surface area contributed by atoms with Crippen LogP contribution in [-0.2, 0) is 0 Å². The fourth-order valence-electron chi connectivity index (χ4n) is 2.92. The summed E-state index contributed by atoms with van der Waals surface area (Å²) in [5.74, 6) is 0.861. The summed E-state index contributed by atoms with van der Waals surface area (Å²) in [5.41, 5.74) is 0. The molecule has 1 atom stereocenters. The first-order valence-electron chi connectivity index (χ1n) is 6.61. The molecule has 1 heterocycles. The molecule has 1 saturated heterocycles. The number of hydrogen-bond acceptors (Lipinski definition) is 2. The smallest absolute Gasteiger partial charge is 0.0646 e. The molecule has 0 amide bonds. The molecule has 1 rings (SSSR count). The van der Waals surface area contributed by atoms with Gasteiger partial charge in [-0.2, -0.15) is 0 Å². The van der Waals surface area contributed by atoms with Crippen LogP contribution in [0.5, 0.6) is 0 Å². The van der Waals surface area contributed by atoms with Crippen molar-refractivity contribution in [1.82, 2.24) is 9.80 Å². The molecule has 0 N–H and O–H groups in total. The van der Waals surface area contributed by atoms with Gasteiger partial charge in [-0.15, -0.1) is 0 Å². The number of unbranched alkanes of at least 4 members (excludes halogenated alkanes) is 1. The van der Waals surface area contributed by atoms with Gasteiger partial charge in [-0.25, -0.2) is 0 Å². The zero-order valence-corrected chi connectivity index (χ0v) is 11.0. The summed E-state index contributed by atoms with van der Waals surface area (Å²) in [6.45, 7) is 7.19. The Morgan fingerprint density at radius 3 is 2.20 bits per heavy atom. The molecule has 1 aliphatic heterocycles. The van der Waals surface area contributed by atoms with Crippen molar-refractivity contribution >= 4 is 0 Å². The summed E-state index contributed by atoms with van der Waals surface area (Å²) in [6, 6.07) is 0. The Bertz CT molecular complexity index is 160. The molecule has 0 spiro atoms. The third-order valence-electron chi connectivity index (χ3n) is 3.80. The van der Waals surface area contributed by atoms with Gasteiger partial charge in [0.25, 0.3) is 0 Å². The molecule has 2 heteroatoms. The van der Waals surface area contributed by atoms with Crippen LogP contribution in [0.25, 0.3) is 0 Å². The summed E-state index contributed by atoms with van der Waals surface area (Å²) in [6.07, 6.45) is 7.45. The lowest BCUT2D eigenvalue weighted by Crippen LogP contribution is -2.53. The van der Waals surface area contributed by atoms with Crippen molar-refractivity contribution in [1.29, 1.82) is 0 Å². The highest BCUT2D eigenvalue weighted by Gasteiger charge is 2.29. The van der Waals surface area contributed by atoms with Crippen molar-refractivity contribution in [2.75, 3.05) is 27.2 Å². The van der Waals surface area contributed by atoms with Crippen LogP contribution in [0.4, 0.5) is 0 Å². The van der Waals surface area contributed by atoms with E-state index in [4.69, 9.17) is 0 Å². The maximum absolute atomic E-state index is 2.55. The lowest BCUT2D eigenvalue weighted by Gasteiger charge is -2.44. The highest BCUT2D eigenvalue weighted by molar-refractivity contribution is 4.80. The molecule has 2 nitrogen and oxygen atoms in total. The van der Waals surface area contributed by atoms with Crippen LogP contribution in [0.2, 0.25) is 0 Å². The number of nitrogens with zero attached hydrogens (tertiary/aromatic N) is 2. The lowest BCUT2D eigenvalue weighted by molar-refractivity contribution is -0.00456. The molecule has 0 aromatic rings. The summed E-state index contributed by atoms with van der Waals surface area (Å²) in [7, 11) is 4.57. The molecule has 90 valence electrons. The largest absolute Gasteiger partial charge is 0.291 e. The molecular weight excluding hydrogens is 184 g/mol. The molecule has 0 radical (unpaired) electrons. The maximum Gasteiger partial charge on any atom is 0.0646 e. The number of hydrogen-bond donors (Lipinski definition) is 0. The van der Waals surface area contributed by atoms with E-state index < -0.39 is 0 Å². The predicted molar refractivity (Wildman–Crippen MR) is 67.0 cm³/mol. The Labute approximate surface area is 95.6 Å². The normalized spacial score (nSPS) is 23.2. The fourth-order valence-corrected chi connectivity index (χ4v) is 2.92. The Balaban J connectivity index is 2.54. The second-order valence-electron chi connectivity index (χ2n) is 5.04. The summed E-state index contributed by atoms with van der Waals surface area (Å²) in [4.78, 5) is 5.10. The van der Waals surface area contributed by atoms with Gasteiger partial charge in [0.2, 0.25) is 0 Å². The van der Waals surface area contributed by atoms with Gasteiger partial charge in [0.05, 0.1) is 6.17 Å². The lowest BCUT2D eigenvalue weighted by atomic mass is 9.93. The minimum atomic E-state index is 0.690. The monoisotopic (exact) mass is 212 g/mol. The van der Waals surface area contributed by atoms with Crippen LogP contribution in [0.3, 0.4) is 0 Å². The number of rotatable bonds is 5. The second kappa shape index (κ2) is 6.49.